The van der Waals surface area contributed by atoms with E-state index in [0.29, 0.717) is 6.61 Å². The Labute approximate surface area is 259 Å². The summed E-state index contributed by atoms with van der Waals surface area (Å²) < 4.78 is 36.1. The van der Waals surface area contributed by atoms with Crippen molar-refractivity contribution in [2.45, 2.75) is 164 Å². The molecular weight excluding hydrogens is 581 g/mol. The summed E-state index contributed by atoms with van der Waals surface area (Å²) in [4.78, 5) is 1.16. The van der Waals surface area contributed by atoms with Gasteiger partial charge in [-0.1, -0.05) is 113 Å². The number of thioether (sulfide) groups is 1. The maximum absolute atomic E-state index is 7.45. The zero-order chi connectivity index (χ0) is 31.4. The van der Waals surface area contributed by atoms with Gasteiger partial charge in [-0.2, -0.15) is 0 Å². The van der Waals surface area contributed by atoms with E-state index >= 15 is 0 Å². The van der Waals surface area contributed by atoms with Crippen LogP contribution in [0.1, 0.15) is 83.1 Å². The quantitative estimate of drug-likeness (QED) is 0.289. The highest BCUT2D eigenvalue weighted by Gasteiger charge is 2.66. The Morgan fingerprint density at radius 3 is 1.63 bits per heavy atom. The van der Waals surface area contributed by atoms with Gasteiger partial charge in [0.15, 0.2) is 16.6 Å². The molecule has 2 heterocycles. The molecule has 9 heteroatoms. The fourth-order valence-electron chi connectivity index (χ4n) is 5.51. The Balaban J connectivity index is 2.19. The molecule has 2 aliphatic heterocycles. The van der Waals surface area contributed by atoms with Crippen molar-refractivity contribution in [3.63, 3.8) is 0 Å². The number of benzene rings is 1. The topological polar surface area (TPSA) is 46.2 Å². The van der Waals surface area contributed by atoms with Gasteiger partial charge >= 0.3 is 8.56 Å². The Morgan fingerprint density at radius 2 is 1.20 bits per heavy atom. The van der Waals surface area contributed by atoms with Gasteiger partial charge in [-0.15, -0.1) is 0 Å². The number of fused-ring (bicyclic) bond motifs is 1. The van der Waals surface area contributed by atoms with Crippen molar-refractivity contribution in [3.05, 3.63) is 30.3 Å². The van der Waals surface area contributed by atoms with Gasteiger partial charge < -0.3 is 22.4 Å². The predicted molar refractivity (Wildman–Crippen MR) is 181 cm³/mol. The minimum atomic E-state index is -2.77. The van der Waals surface area contributed by atoms with Crippen LogP contribution in [0.2, 0.25) is 46.3 Å². The Bertz CT molecular complexity index is 1010. The minimum Gasteiger partial charge on any atom is -0.408 e. The molecule has 0 spiro atoms. The molecule has 1 aromatic carbocycles. The first-order chi connectivity index (χ1) is 18.3. The summed E-state index contributed by atoms with van der Waals surface area (Å²) >= 11 is 1.74. The monoisotopic (exact) mass is 640 g/mol. The molecule has 0 unspecified atom stereocenters. The number of hydrogen-bond acceptors (Lipinski definition) is 6. The second-order valence-electron chi connectivity index (χ2n) is 17.2. The first-order valence-corrected chi connectivity index (χ1v) is 23.9. The maximum Gasteiger partial charge on any atom is 0.349 e. The van der Waals surface area contributed by atoms with Crippen LogP contribution in [0.15, 0.2) is 35.2 Å². The molecule has 236 valence electrons. The largest absolute Gasteiger partial charge is 0.408 e. The third kappa shape index (κ3) is 7.30. The number of hydrogen-bond donors (Lipinski definition) is 0. The van der Waals surface area contributed by atoms with E-state index in [0.717, 1.165) is 4.90 Å². The van der Waals surface area contributed by atoms with Crippen LogP contribution in [0.25, 0.3) is 0 Å². The zero-order valence-electron chi connectivity index (χ0n) is 28.9. The first-order valence-electron chi connectivity index (χ1n) is 15.4. The maximum atomic E-state index is 7.45. The Morgan fingerprint density at radius 1 is 0.732 bits per heavy atom. The normalized spacial score (nSPS) is 28.3. The first kappa shape index (κ1) is 35.5. The molecule has 0 saturated carbocycles. The van der Waals surface area contributed by atoms with Gasteiger partial charge in [0.05, 0.1) is 6.61 Å². The highest BCUT2D eigenvalue weighted by Crippen LogP contribution is 2.56. The summed E-state index contributed by atoms with van der Waals surface area (Å²) in [6, 6.07) is 10.5. The molecule has 2 saturated heterocycles. The van der Waals surface area contributed by atoms with Crippen molar-refractivity contribution in [2.75, 3.05) is 6.61 Å². The molecule has 5 atom stereocenters. The van der Waals surface area contributed by atoms with Crippen LogP contribution in [0.4, 0.5) is 0 Å². The molecule has 0 amide bonds. The minimum absolute atomic E-state index is 0.0398. The van der Waals surface area contributed by atoms with Crippen LogP contribution in [-0.2, 0) is 22.4 Å². The third-order valence-electron chi connectivity index (χ3n) is 9.79. The molecule has 5 nitrogen and oxygen atoms in total. The van der Waals surface area contributed by atoms with Crippen molar-refractivity contribution in [1.82, 2.24) is 0 Å². The van der Waals surface area contributed by atoms with Gasteiger partial charge in [-0.3, -0.25) is 0 Å². The molecule has 0 aromatic heterocycles. The Kier molecular flexibility index (Phi) is 10.2. The molecule has 1 aromatic rings. The predicted octanol–water partition coefficient (Wildman–Crippen LogP) is 9.74. The van der Waals surface area contributed by atoms with Crippen molar-refractivity contribution in [3.8, 4) is 0 Å². The van der Waals surface area contributed by atoms with Gasteiger partial charge in [0, 0.05) is 15.0 Å². The third-order valence-corrected chi connectivity index (χ3v) is 25.0. The summed E-state index contributed by atoms with van der Waals surface area (Å²) in [6.07, 6.45) is -1.02. The molecule has 2 aliphatic rings. The van der Waals surface area contributed by atoms with Gasteiger partial charge in [0.1, 0.15) is 29.9 Å². The summed E-state index contributed by atoms with van der Waals surface area (Å²) in [6.45, 7) is 37.4. The van der Waals surface area contributed by atoms with Crippen molar-refractivity contribution >= 4 is 37.0 Å². The highest BCUT2D eigenvalue weighted by molar-refractivity contribution is 7.99. The molecule has 2 fully saturated rings. The van der Waals surface area contributed by atoms with E-state index in [-0.39, 0.29) is 50.0 Å². The molecule has 0 aliphatic carbocycles. The lowest BCUT2D eigenvalue weighted by molar-refractivity contribution is -0.216. The van der Waals surface area contributed by atoms with E-state index in [1.165, 1.54) is 0 Å². The fourth-order valence-corrected chi connectivity index (χ4v) is 14.3. The summed E-state index contributed by atoms with van der Waals surface area (Å²) in [5, 5.41) is -0.191. The van der Waals surface area contributed by atoms with Crippen LogP contribution in [-0.4, -0.2) is 61.7 Å². The molecule has 0 bridgehead atoms. The van der Waals surface area contributed by atoms with Gasteiger partial charge in [0.25, 0.3) is 0 Å². The van der Waals surface area contributed by atoms with E-state index in [1.54, 1.807) is 11.8 Å². The summed E-state index contributed by atoms with van der Waals surface area (Å²) in [5.74, 6) is 0. The highest BCUT2D eigenvalue weighted by atomic mass is 32.2. The molecule has 0 radical (unpaired) electrons. The lowest BCUT2D eigenvalue weighted by Gasteiger charge is -2.60. The van der Waals surface area contributed by atoms with Crippen LogP contribution in [0.3, 0.4) is 0 Å². The van der Waals surface area contributed by atoms with E-state index in [1.807, 2.05) is 0 Å². The van der Waals surface area contributed by atoms with Crippen molar-refractivity contribution < 1.29 is 22.4 Å². The van der Waals surface area contributed by atoms with Crippen LogP contribution in [0.5, 0.6) is 0 Å². The number of ether oxygens (including phenoxy) is 1. The molecule has 0 N–H and O–H groups in total. The van der Waals surface area contributed by atoms with Gasteiger partial charge in [-0.25, -0.2) is 0 Å². The standard InChI is InChI=1S/C32H60O5SSi3/c1-29(2,3)39(13,14)35-26-25-24(22-33-41(37-25,31(7,8)9)32(10,11)12)34-28(38-23-20-18-17-19-21-23)27(26)36-40(15,16)30(4,5)6/h17-21,24-28H,22H2,1-16H3/t24-,25+,26+,27-,28+/m1/s1. The number of rotatable bonds is 6. The van der Waals surface area contributed by atoms with Crippen LogP contribution in [0, 0.1) is 0 Å². The fraction of sp³-hybridized carbons (Fsp3) is 0.812. The van der Waals surface area contributed by atoms with Gasteiger partial charge in [0.2, 0.25) is 0 Å². The SMILES string of the molecule is CC(C)(C)[Si](C)(C)O[C@H]1[C@H]2O[Si](C(C)(C)C)(C(C)(C)C)OC[C@H]2O[C@@H](Sc2ccccc2)[C@@H]1O[Si](C)(C)C(C)(C)C. The van der Waals surface area contributed by atoms with Crippen LogP contribution >= 0.6 is 11.8 Å². The summed E-state index contributed by atoms with van der Waals surface area (Å²) in [7, 11) is -7.21. The lowest BCUT2D eigenvalue weighted by Crippen LogP contribution is -2.73. The molecule has 3 rings (SSSR count). The second-order valence-corrected chi connectivity index (χ2v) is 32.6. The average molecular weight is 641 g/mol. The zero-order valence-corrected chi connectivity index (χ0v) is 32.7. The van der Waals surface area contributed by atoms with Crippen molar-refractivity contribution in [2.24, 2.45) is 0 Å². The smallest absolute Gasteiger partial charge is 0.349 e. The van der Waals surface area contributed by atoms with Crippen LogP contribution < -0.4 is 0 Å². The summed E-state index contributed by atoms with van der Waals surface area (Å²) in [5.41, 5.74) is -0.242. The average Bonchev–Trinajstić information content (AvgIpc) is 2.78. The van der Waals surface area contributed by atoms with Crippen molar-refractivity contribution in [1.29, 1.82) is 0 Å². The molecule has 41 heavy (non-hydrogen) atoms. The lowest BCUT2D eigenvalue weighted by atomic mass is 10.0. The van der Waals surface area contributed by atoms with Gasteiger partial charge in [-0.05, 0) is 48.4 Å². The molecular formula is C32H60O5SSi3. The van der Waals surface area contributed by atoms with E-state index < -0.39 is 25.2 Å². The van der Waals surface area contributed by atoms with E-state index in [4.69, 9.17) is 22.4 Å². The van der Waals surface area contributed by atoms with E-state index in [9.17, 15) is 0 Å². The second kappa shape index (κ2) is 11.7. The van der Waals surface area contributed by atoms with E-state index in [2.05, 4.69) is 140 Å². The Hall–Kier alpha value is 0.0206.